The van der Waals surface area contributed by atoms with Gasteiger partial charge in [-0.3, -0.25) is 4.79 Å². The molecule has 0 aliphatic heterocycles. The quantitative estimate of drug-likeness (QED) is 0.892. The third-order valence-corrected chi connectivity index (χ3v) is 3.27. The van der Waals surface area contributed by atoms with E-state index in [-0.39, 0.29) is 6.42 Å². The molecule has 0 radical (unpaired) electrons. The van der Waals surface area contributed by atoms with Crippen molar-refractivity contribution in [2.75, 3.05) is 0 Å². The zero-order valence-corrected chi connectivity index (χ0v) is 11.1. The Morgan fingerprint density at radius 3 is 2.63 bits per heavy atom. The van der Waals surface area contributed by atoms with Gasteiger partial charge in [-0.05, 0) is 17.9 Å². The fourth-order valence-electron chi connectivity index (χ4n) is 1.90. The molecule has 4 nitrogen and oxygen atoms in total. The molecule has 100 valence electrons. The molecule has 1 N–H and O–H groups in total. The van der Waals surface area contributed by atoms with Crippen molar-refractivity contribution < 1.29 is 14.4 Å². The van der Waals surface area contributed by atoms with Crippen LogP contribution >= 0.6 is 0 Å². The Labute approximate surface area is 112 Å². The van der Waals surface area contributed by atoms with Gasteiger partial charge >= 0.3 is 5.97 Å². The second kappa shape index (κ2) is 5.69. The Hall–Kier alpha value is -2.10. The van der Waals surface area contributed by atoms with E-state index in [2.05, 4.69) is 31.1 Å². The first-order valence-corrected chi connectivity index (χ1v) is 6.38. The molecule has 1 atom stereocenters. The second-order valence-electron chi connectivity index (χ2n) is 4.68. The molecule has 0 aliphatic carbocycles. The molecule has 1 aromatic heterocycles. The molecule has 0 bridgehead atoms. The molecular weight excluding hydrogens is 242 g/mol. The number of nitrogens with zero attached hydrogens (tertiary/aromatic N) is 1. The van der Waals surface area contributed by atoms with Crippen molar-refractivity contribution in [1.29, 1.82) is 0 Å². The van der Waals surface area contributed by atoms with E-state index < -0.39 is 5.97 Å². The third kappa shape index (κ3) is 3.22. The van der Waals surface area contributed by atoms with E-state index in [0.717, 1.165) is 12.0 Å². The smallest absolute Gasteiger partial charge is 0.309 e. The van der Waals surface area contributed by atoms with Crippen molar-refractivity contribution in [1.82, 2.24) is 5.16 Å². The molecular formula is C15H17NO3. The predicted octanol–water partition coefficient (Wildman–Crippen LogP) is 3.48. The number of hydrogen-bond donors (Lipinski definition) is 1. The van der Waals surface area contributed by atoms with E-state index in [1.54, 1.807) is 6.07 Å². The molecule has 0 spiro atoms. The monoisotopic (exact) mass is 259 g/mol. The van der Waals surface area contributed by atoms with Crippen LogP contribution in [-0.2, 0) is 11.2 Å². The second-order valence-corrected chi connectivity index (χ2v) is 4.68. The topological polar surface area (TPSA) is 63.3 Å². The van der Waals surface area contributed by atoms with Crippen molar-refractivity contribution in [3.8, 4) is 11.3 Å². The Bertz CT molecular complexity index is 557. The first-order valence-electron chi connectivity index (χ1n) is 6.38. The number of carboxylic acid groups (broad SMARTS) is 1. The first-order chi connectivity index (χ1) is 9.10. The predicted molar refractivity (Wildman–Crippen MR) is 72.0 cm³/mol. The van der Waals surface area contributed by atoms with Crippen molar-refractivity contribution in [2.45, 2.75) is 32.6 Å². The Morgan fingerprint density at radius 1 is 1.37 bits per heavy atom. The van der Waals surface area contributed by atoms with Crippen LogP contribution in [0.2, 0.25) is 0 Å². The number of benzene rings is 1. The summed E-state index contributed by atoms with van der Waals surface area (Å²) in [7, 11) is 0. The lowest BCUT2D eigenvalue weighted by Crippen LogP contribution is -1.99. The standard InChI is InChI=1S/C15H17NO3/c1-3-10(2)11-4-6-12(7-5-11)14-8-13(16-19-14)9-15(17)18/h4-8,10H,3,9H2,1-2H3,(H,17,18). The Morgan fingerprint density at radius 2 is 2.05 bits per heavy atom. The van der Waals surface area contributed by atoms with Crippen LogP contribution in [0, 0.1) is 0 Å². The van der Waals surface area contributed by atoms with Crippen LogP contribution in [0.5, 0.6) is 0 Å². The van der Waals surface area contributed by atoms with Gasteiger partial charge in [0.05, 0.1) is 12.1 Å². The number of hydrogen-bond acceptors (Lipinski definition) is 3. The van der Waals surface area contributed by atoms with E-state index in [9.17, 15) is 4.79 Å². The van der Waals surface area contributed by atoms with Gasteiger partial charge in [0.15, 0.2) is 5.76 Å². The maximum absolute atomic E-state index is 10.6. The van der Waals surface area contributed by atoms with Crippen LogP contribution in [0.25, 0.3) is 11.3 Å². The van der Waals surface area contributed by atoms with Gasteiger partial charge in [-0.25, -0.2) is 0 Å². The van der Waals surface area contributed by atoms with Crippen LogP contribution in [0.3, 0.4) is 0 Å². The van der Waals surface area contributed by atoms with Gasteiger partial charge in [-0.2, -0.15) is 0 Å². The van der Waals surface area contributed by atoms with E-state index in [1.165, 1.54) is 5.56 Å². The molecule has 0 saturated carbocycles. The van der Waals surface area contributed by atoms with Crippen LogP contribution < -0.4 is 0 Å². The molecule has 0 saturated heterocycles. The first kappa shape index (κ1) is 13.3. The van der Waals surface area contributed by atoms with E-state index >= 15 is 0 Å². The Kier molecular flexibility index (Phi) is 4.00. The van der Waals surface area contributed by atoms with E-state index in [4.69, 9.17) is 9.63 Å². The molecule has 4 heteroatoms. The molecule has 0 amide bonds. The number of aliphatic carboxylic acids is 1. The summed E-state index contributed by atoms with van der Waals surface area (Å²) in [5.41, 5.74) is 2.64. The maximum Gasteiger partial charge on any atom is 0.309 e. The van der Waals surface area contributed by atoms with Gasteiger partial charge in [0, 0.05) is 11.6 Å². The number of aromatic nitrogens is 1. The highest BCUT2D eigenvalue weighted by Gasteiger charge is 2.10. The number of carboxylic acids is 1. The highest BCUT2D eigenvalue weighted by atomic mass is 16.5. The normalized spacial score (nSPS) is 12.3. The lowest BCUT2D eigenvalue weighted by atomic mass is 9.97. The summed E-state index contributed by atoms with van der Waals surface area (Å²) in [4.78, 5) is 10.6. The van der Waals surface area contributed by atoms with Gasteiger partial charge in [0.25, 0.3) is 0 Å². The summed E-state index contributed by atoms with van der Waals surface area (Å²) in [5.74, 6) is 0.227. The summed E-state index contributed by atoms with van der Waals surface area (Å²) in [6.45, 7) is 4.35. The Balaban J connectivity index is 2.18. The molecule has 1 heterocycles. The van der Waals surface area contributed by atoms with Gasteiger partial charge in [0.2, 0.25) is 0 Å². The molecule has 1 unspecified atom stereocenters. The SMILES string of the molecule is CCC(C)c1ccc(-c2cc(CC(=O)O)no2)cc1. The summed E-state index contributed by atoms with van der Waals surface area (Å²) in [6.07, 6.45) is 0.985. The lowest BCUT2D eigenvalue weighted by molar-refractivity contribution is -0.136. The lowest BCUT2D eigenvalue weighted by Gasteiger charge is -2.08. The van der Waals surface area contributed by atoms with Crippen LogP contribution in [-0.4, -0.2) is 16.2 Å². The largest absolute Gasteiger partial charge is 0.481 e. The van der Waals surface area contributed by atoms with Crippen molar-refractivity contribution in [2.24, 2.45) is 0 Å². The van der Waals surface area contributed by atoms with Crippen molar-refractivity contribution in [3.05, 3.63) is 41.6 Å². The van der Waals surface area contributed by atoms with Crippen molar-refractivity contribution in [3.63, 3.8) is 0 Å². The molecule has 19 heavy (non-hydrogen) atoms. The van der Waals surface area contributed by atoms with Crippen LogP contribution in [0.4, 0.5) is 0 Å². The highest BCUT2D eigenvalue weighted by Crippen LogP contribution is 2.24. The molecule has 0 fully saturated rings. The molecule has 0 aliphatic rings. The van der Waals surface area contributed by atoms with E-state index in [0.29, 0.717) is 17.4 Å². The molecule has 2 rings (SSSR count). The van der Waals surface area contributed by atoms with Gasteiger partial charge < -0.3 is 9.63 Å². The van der Waals surface area contributed by atoms with Crippen molar-refractivity contribution >= 4 is 5.97 Å². The minimum absolute atomic E-state index is 0.117. The molecule has 1 aromatic carbocycles. The van der Waals surface area contributed by atoms with Gasteiger partial charge in [0.1, 0.15) is 0 Å². The minimum Gasteiger partial charge on any atom is -0.481 e. The van der Waals surface area contributed by atoms with E-state index in [1.807, 2.05) is 12.1 Å². The third-order valence-electron chi connectivity index (χ3n) is 3.27. The number of rotatable bonds is 5. The average molecular weight is 259 g/mol. The highest BCUT2D eigenvalue weighted by molar-refractivity contribution is 5.70. The minimum atomic E-state index is -0.910. The van der Waals surface area contributed by atoms with Gasteiger partial charge in [-0.15, -0.1) is 0 Å². The van der Waals surface area contributed by atoms with Gasteiger partial charge in [-0.1, -0.05) is 43.3 Å². The zero-order valence-electron chi connectivity index (χ0n) is 11.1. The van der Waals surface area contributed by atoms with Crippen LogP contribution in [0.1, 0.15) is 37.4 Å². The number of carbonyl (C=O) groups is 1. The fourth-order valence-corrected chi connectivity index (χ4v) is 1.90. The summed E-state index contributed by atoms with van der Waals surface area (Å²) in [5, 5.41) is 12.4. The molecule has 2 aromatic rings. The fraction of sp³-hybridized carbons (Fsp3) is 0.333. The summed E-state index contributed by atoms with van der Waals surface area (Å²) >= 11 is 0. The maximum atomic E-state index is 10.6. The van der Waals surface area contributed by atoms with Crippen LogP contribution in [0.15, 0.2) is 34.9 Å². The zero-order chi connectivity index (χ0) is 13.8. The average Bonchev–Trinajstić information content (AvgIpc) is 2.85. The summed E-state index contributed by atoms with van der Waals surface area (Å²) < 4.78 is 5.16. The summed E-state index contributed by atoms with van der Waals surface area (Å²) in [6, 6.07) is 9.78.